The number of aromatic amines is 1. The number of rotatable bonds is 3. The smallest absolute Gasteiger partial charge is 0.407 e. The molecular weight excluding hydrogens is 392 g/mol. The molecule has 1 aromatic carbocycles. The number of amides is 2. The largest absolute Gasteiger partial charge is 0.453 e. The fourth-order valence-electron chi connectivity index (χ4n) is 2.96. The summed E-state index contributed by atoms with van der Waals surface area (Å²) in [6.07, 6.45) is 0.840. The van der Waals surface area contributed by atoms with Crippen molar-refractivity contribution in [1.29, 1.82) is 0 Å². The third-order valence-electron chi connectivity index (χ3n) is 4.15. The molecule has 1 fully saturated rings. The number of methoxy groups -OCH3 is 1. The molecule has 0 bridgehead atoms. The number of hydrogen-bond donors (Lipinski definition) is 2. The number of carbonyl (C=O) groups is 2. The molecule has 3 rings (SSSR count). The van der Waals surface area contributed by atoms with Gasteiger partial charge in [0.1, 0.15) is 12.4 Å². The Bertz CT molecular complexity index is 882. The van der Waals surface area contributed by atoms with Crippen molar-refractivity contribution < 1.29 is 14.3 Å². The van der Waals surface area contributed by atoms with Gasteiger partial charge in [0.15, 0.2) is 0 Å². The Morgan fingerprint density at radius 2 is 2.28 bits per heavy atom. The Kier molecular flexibility index (Phi) is 5.03. The average Bonchev–Trinajstić information content (AvgIpc) is 3.08. The Morgan fingerprint density at radius 1 is 1.48 bits per heavy atom. The van der Waals surface area contributed by atoms with Gasteiger partial charge in [-0.2, -0.15) is 0 Å². The van der Waals surface area contributed by atoms with Crippen LogP contribution in [-0.2, 0) is 9.53 Å². The molecule has 2 heterocycles. The van der Waals surface area contributed by atoms with Crippen molar-refractivity contribution in [1.82, 2.24) is 20.2 Å². The van der Waals surface area contributed by atoms with E-state index in [4.69, 9.17) is 0 Å². The van der Waals surface area contributed by atoms with Crippen LogP contribution in [0.1, 0.15) is 24.7 Å². The molecule has 2 aromatic rings. The number of ether oxygens (including phenoxy) is 1. The molecule has 9 heteroatoms. The maximum atomic E-state index is 12.4. The minimum absolute atomic E-state index is 0.160. The normalized spacial score (nSPS) is 16.9. The lowest BCUT2D eigenvalue weighted by Crippen LogP contribution is -2.40. The van der Waals surface area contributed by atoms with Crippen LogP contribution in [0.15, 0.2) is 27.5 Å². The van der Waals surface area contributed by atoms with Gasteiger partial charge in [0, 0.05) is 11.0 Å². The maximum Gasteiger partial charge on any atom is 0.407 e. The SMILES string of the molecule is COC(=O)NCC(=O)N1CCC[C@H]1c1nc2cc(Br)ccc2c(=O)[nH]1. The van der Waals surface area contributed by atoms with E-state index in [1.165, 1.54) is 7.11 Å². The molecule has 1 aromatic heterocycles. The Hall–Kier alpha value is -2.42. The number of H-pyrrole nitrogens is 1. The molecule has 0 radical (unpaired) electrons. The minimum atomic E-state index is -0.661. The third kappa shape index (κ3) is 3.65. The van der Waals surface area contributed by atoms with E-state index in [-0.39, 0.29) is 24.1 Å². The van der Waals surface area contributed by atoms with Crippen molar-refractivity contribution in [2.45, 2.75) is 18.9 Å². The molecule has 1 aliphatic rings. The lowest BCUT2D eigenvalue weighted by molar-refractivity contribution is -0.131. The summed E-state index contributed by atoms with van der Waals surface area (Å²) in [5, 5.41) is 2.87. The summed E-state index contributed by atoms with van der Waals surface area (Å²) >= 11 is 3.37. The first-order chi connectivity index (χ1) is 12.0. The van der Waals surface area contributed by atoms with Crippen LogP contribution in [0.5, 0.6) is 0 Å². The first kappa shape index (κ1) is 17.4. The molecule has 0 aliphatic carbocycles. The molecule has 2 N–H and O–H groups in total. The van der Waals surface area contributed by atoms with Crippen molar-refractivity contribution in [2.24, 2.45) is 0 Å². The van der Waals surface area contributed by atoms with E-state index < -0.39 is 6.09 Å². The molecule has 8 nitrogen and oxygen atoms in total. The van der Waals surface area contributed by atoms with Gasteiger partial charge in [-0.15, -0.1) is 0 Å². The first-order valence-corrected chi connectivity index (χ1v) is 8.59. The summed E-state index contributed by atoms with van der Waals surface area (Å²) in [7, 11) is 1.24. The predicted octanol–water partition coefficient (Wildman–Crippen LogP) is 1.71. The van der Waals surface area contributed by atoms with E-state index in [2.05, 4.69) is 36.0 Å². The van der Waals surface area contributed by atoms with Crippen molar-refractivity contribution in [2.75, 3.05) is 20.2 Å². The van der Waals surface area contributed by atoms with Gasteiger partial charge in [0.25, 0.3) is 5.56 Å². The Balaban J connectivity index is 1.87. The second-order valence-electron chi connectivity index (χ2n) is 5.70. The fraction of sp³-hybridized carbons (Fsp3) is 0.375. The molecule has 0 saturated carbocycles. The second kappa shape index (κ2) is 7.22. The molecule has 0 unspecified atom stereocenters. The van der Waals surface area contributed by atoms with Gasteiger partial charge in [-0.1, -0.05) is 15.9 Å². The zero-order valence-corrected chi connectivity index (χ0v) is 15.1. The third-order valence-corrected chi connectivity index (χ3v) is 4.64. The van der Waals surface area contributed by atoms with Crippen LogP contribution in [0, 0.1) is 0 Å². The highest BCUT2D eigenvalue weighted by molar-refractivity contribution is 9.10. The number of alkyl carbamates (subject to hydrolysis) is 1. The average molecular weight is 409 g/mol. The van der Waals surface area contributed by atoms with Crippen LogP contribution < -0.4 is 10.9 Å². The summed E-state index contributed by atoms with van der Waals surface area (Å²) in [5.74, 6) is 0.212. The number of benzene rings is 1. The van der Waals surface area contributed by atoms with Crippen molar-refractivity contribution in [3.63, 3.8) is 0 Å². The number of nitrogens with zero attached hydrogens (tertiary/aromatic N) is 2. The minimum Gasteiger partial charge on any atom is -0.453 e. The number of nitrogens with one attached hydrogen (secondary N) is 2. The van der Waals surface area contributed by atoms with Gasteiger partial charge in [0.05, 0.1) is 24.1 Å². The fourth-order valence-corrected chi connectivity index (χ4v) is 3.31. The van der Waals surface area contributed by atoms with Crippen LogP contribution in [-0.4, -0.2) is 47.1 Å². The summed E-state index contributed by atoms with van der Waals surface area (Å²) < 4.78 is 5.29. The van der Waals surface area contributed by atoms with Crippen LogP contribution in [0.3, 0.4) is 0 Å². The van der Waals surface area contributed by atoms with Gasteiger partial charge in [-0.25, -0.2) is 9.78 Å². The highest BCUT2D eigenvalue weighted by atomic mass is 79.9. The summed E-state index contributed by atoms with van der Waals surface area (Å²) in [6, 6.07) is 4.94. The monoisotopic (exact) mass is 408 g/mol. The number of carbonyl (C=O) groups excluding carboxylic acids is 2. The van der Waals surface area contributed by atoms with Crippen LogP contribution in [0.4, 0.5) is 4.79 Å². The van der Waals surface area contributed by atoms with Gasteiger partial charge in [0.2, 0.25) is 5.91 Å². The summed E-state index contributed by atoms with van der Waals surface area (Å²) in [4.78, 5) is 44.8. The molecule has 0 spiro atoms. The van der Waals surface area contributed by atoms with Crippen LogP contribution in [0.2, 0.25) is 0 Å². The molecule has 132 valence electrons. The van der Waals surface area contributed by atoms with Gasteiger partial charge in [-0.3, -0.25) is 9.59 Å². The maximum absolute atomic E-state index is 12.4. The van der Waals surface area contributed by atoms with Gasteiger partial charge < -0.3 is 19.9 Å². The lowest BCUT2D eigenvalue weighted by atomic mass is 10.2. The van der Waals surface area contributed by atoms with E-state index in [9.17, 15) is 14.4 Å². The van der Waals surface area contributed by atoms with Crippen molar-refractivity contribution in [3.05, 3.63) is 38.9 Å². The molecule has 25 heavy (non-hydrogen) atoms. The van der Waals surface area contributed by atoms with Gasteiger partial charge >= 0.3 is 6.09 Å². The Morgan fingerprint density at radius 3 is 3.04 bits per heavy atom. The first-order valence-electron chi connectivity index (χ1n) is 7.80. The predicted molar refractivity (Wildman–Crippen MR) is 94.2 cm³/mol. The van der Waals surface area contributed by atoms with E-state index in [0.29, 0.717) is 29.7 Å². The van der Waals surface area contributed by atoms with Crippen molar-refractivity contribution in [3.8, 4) is 0 Å². The zero-order valence-electron chi connectivity index (χ0n) is 13.5. The molecule has 1 aliphatic heterocycles. The van der Waals surface area contributed by atoms with Gasteiger partial charge in [-0.05, 0) is 31.0 Å². The number of fused-ring (bicyclic) bond motifs is 1. The van der Waals surface area contributed by atoms with E-state index in [0.717, 1.165) is 10.9 Å². The second-order valence-corrected chi connectivity index (χ2v) is 6.62. The molecular formula is C16H17BrN4O4. The highest BCUT2D eigenvalue weighted by Crippen LogP contribution is 2.30. The Labute approximate surface area is 151 Å². The van der Waals surface area contributed by atoms with E-state index in [1.807, 2.05) is 0 Å². The molecule has 1 saturated heterocycles. The topological polar surface area (TPSA) is 104 Å². The van der Waals surface area contributed by atoms with E-state index >= 15 is 0 Å². The van der Waals surface area contributed by atoms with E-state index in [1.54, 1.807) is 23.1 Å². The lowest BCUT2D eigenvalue weighted by Gasteiger charge is -2.24. The summed E-state index contributed by atoms with van der Waals surface area (Å²) in [5.41, 5.74) is 0.333. The number of likely N-dealkylation sites (tertiary alicyclic amines) is 1. The number of hydrogen-bond acceptors (Lipinski definition) is 5. The number of aromatic nitrogens is 2. The quantitative estimate of drug-likeness (QED) is 0.803. The highest BCUT2D eigenvalue weighted by Gasteiger charge is 2.32. The summed E-state index contributed by atoms with van der Waals surface area (Å²) in [6.45, 7) is 0.388. The number of halogens is 1. The molecule has 1 atom stereocenters. The van der Waals surface area contributed by atoms with Crippen LogP contribution >= 0.6 is 15.9 Å². The molecule has 2 amide bonds. The standard InChI is InChI=1S/C16H17BrN4O4/c1-25-16(24)18-8-13(22)21-6-2-3-12(21)14-19-11-7-9(17)4-5-10(11)15(23)20-14/h4-5,7,12H,2-3,6,8H2,1H3,(H,18,24)(H,19,20,23)/t12-/m0/s1. The van der Waals surface area contributed by atoms with Crippen molar-refractivity contribution >= 4 is 38.8 Å². The zero-order chi connectivity index (χ0) is 18.0. The van der Waals surface area contributed by atoms with Crippen LogP contribution in [0.25, 0.3) is 10.9 Å².